The maximum Gasteiger partial charge on any atom is 0.240 e. The van der Waals surface area contributed by atoms with E-state index in [0.29, 0.717) is 5.91 Å². The molecule has 15 heavy (non-hydrogen) atoms. The number of carbonyl (C=O) groups is 1. The Morgan fingerprint density at radius 2 is 2.40 bits per heavy atom. The molecule has 0 aliphatic carbocycles. The van der Waals surface area contributed by atoms with E-state index in [-0.39, 0.29) is 6.04 Å². The average molecular weight is 208 g/mol. The third kappa shape index (κ3) is 2.59. The van der Waals surface area contributed by atoms with Crippen LogP contribution in [0.1, 0.15) is 32.6 Å². The second-order valence-corrected chi connectivity index (χ2v) is 4.60. The van der Waals surface area contributed by atoms with Gasteiger partial charge in [0.2, 0.25) is 5.91 Å². The van der Waals surface area contributed by atoms with E-state index in [4.69, 9.17) is 0 Å². The normalized spacial score (nSPS) is 27.4. The molecule has 84 valence electrons. The zero-order valence-electron chi connectivity index (χ0n) is 9.46. The molecule has 1 saturated heterocycles. The molecule has 2 rings (SSSR count). The van der Waals surface area contributed by atoms with E-state index in [2.05, 4.69) is 18.3 Å². The zero-order valence-corrected chi connectivity index (χ0v) is 9.46. The lowest BCUT2D eigenvalue weighted by molar-refractivity contribution is -0.133. The van der Waals surface area contributed by atoms with E-state index in [9.17, 15) is 4.79 Å². The lowest BCUT2D eigenvalue weighted by atomic mass is 10.0. The van der Waals surface area contributed by atoms with Crippen LogP contribution in [0.3, 0.4) is 0 Å². The van der Waals surface area contributed by atoms with Gasteiger partial charge in [-0.3, -0.25) is 4.79 Å². The second kappa shape index (κ2) is 4.79. The summed E-state index contributed by atoms with van der Waals surface area (Å²) < 4.78 is 0. The van der Waals surface area contributed by atoms with Crippen LogP contribution in [0.15, 0.2) is 11.6 Å². The van der Waals surface area contributed by atoms with E-state index < -0.39 is 0 Å². The Labute approximate surface area is 91.5 Å². The fraction of sp³-hybridized carbons (Fsp3) is 0.750. The Balaban J connectivity index is 1.92. The lowest BCUT2D eigenvalue weighted by Crippen LogP contribution is -2.49. The van der Waals surface area contributed by atoms with Crippen LogP contribution in [0, 0.1) is 0 Å². The summed E-state index contributed by atoms with van der Waals surface area (Å²) in [5, 5.41) is 3.32. The van der Waals surface area contributed by atoms with Crippen molar-refractivity contribution in [3.05, 3.63) is 11.6 Å². The first-order chi connectivity index (χ1) is 7.27. The van der Waals surface area contributed by atoms with Crippen molar-refractivity contribution in [2.45, 2.75) is 38.6 Å². The van der Waals surface area contributed by atoms with Gasteiger partial charge in [-0.2, -0.15) is 0 Å². The molecule has 2 heterocycles. The molecule has 1 amide bonds. The molecule has 0 radical (unpaired) electrons. The number of piperidine rings is 1. The highest BCUT2D eigenvalue weighted by Crippen LogP contribution is 2.14. The number of amides is 1. The van der Waals surface area contributed by atoms with E-state index >= 15 is 0 Å². The van der Waals surface area contributed by atoms with Gasteiger partial charge in [0.05, 0.1) is 6.04 Å². The van der Waals surface area contributed by atoms with Crippen molar-refractivity contribution in [1.29, 1.82) is 0 Å². The summed E-state index contributed by atoms with van der Waals surface area (Å²) in [4.78, 5) is 14.1. The first kappa shape index (κ1) is 10.7. The van der Waals surface area contributed by atoms with Crippen molar-refractivity contribution in [2.75, 3.05) is 19.6 Å². The van der Waals surface area contributed by atoms with Crippen LogP contribution >= 0.6 is 0 Å². The Morgan fingerprint density at radius 1 is 1.53 bits per heavy atom. The maximum atomic E-state index is 12.1. The number of nitrogens with zero attached hydrogens (tertiary/aromatic N) is 1. The van der Waals surface area contributed by atoms with Gasteiger partial charge in [-0.15, -0.1) is 0 Å². The molecule has 0 spiro atoms. The van der Waals surface area contributed by atoms with Gasteiger partial charge in [-0.1, -0.05) is 18.1 Å². The number of hydrogen-bond donors (Lipinski definition) is 1. The summed E-state index contributed by atoms with van der Waals surface area (Å²) in [7, 11) is 0. The van der Waals surface area contributed by atoms with Crippen LogP contribution in [-0.2, 0) is 4.79 Å². The Kier molecular flexibility index (Phi) is 3.41. The predicted molar refractivity (Wildman–Crippen MR) is 60.6 cm³/mol. The summed E-state index contributed by atoms with van der Waals surface area (Å²) in [6, 6.07) is 0.0876. The average Bonchev–Trinajstić information content (AvgIpc) is 2.29. The maximum absolute atomic E-state index is 12.1. The van der Waals surface area contributed by atoms with Gasteiger partial charge in [0, 0.05) is 13.1 Å². The zero-order chi connectivity index (χ0) is 10.7. The molecule has 2 aliphatic rings. The van der Waals surface area contributed by atoms with Crippen LogP contribution in [0.25, 0.3) is 0 Å². The lowest BCUT2D eigenvalue weighted by Gasteiger charge is -2.32. The van der Waals surface area contributed by atoms with E-state index in [0.717, 1.165) is 32.5 Å². The fourth-order valence-corrected chi connectivity index (χ4v) is 2.38. The summed E-state index contributed by atoms with van der Waals surface area (Å²) in [6.45, 7) is 4.83. The summed E-state index contributed by atoms with van der Waals surface area (Å²) >= 11 is 0. The van der Waals surface area contributed by atoms with Crippen molar-refractivity contribution in [3.8, 4) is 0 Å². The highest BCUT2D eigenvalue weighted by Gasteiger charge is 2.26. The molecule has 3 nitrogen and oxygen atoms in total. The minimum atomic E-state index is 0.0876. The van der Waals surface area contributed by atoms with Gasteiger partial charge in [0.25, 0.3) is 0 Å². The molecule has 1 atom stereocenters. The van der Waals surface area contributed by atoms with Gasteiger partial charge >= 0.3 is 0 Å². The van der Waals surface area contributed by atoms with Crippen molar-refractivity contribution in [3.63, 3.8) is 0 Å². The fourth-order valence-electron chi connectivity index (χ4n) is 2.38. The Bertz CT molecular complexity index is 267. The third-order valence-corrected chi connectivity index (χ3v) is 3.25. The molecule has 0 aromatic rings. The number of rotatable bonds is 1. The minimum absolute atomic E-state index is 0.0876. The molecule has 2 aliphatic heterocycles. The van der Waals surface area contributed by atoms with E-state index in [1.54, 1.807) is 0 Å². The van der Waals surface area contributed by atoms with Crippen LogP contribution in [-0.4, -0.2) is 36.5 Å². The topological polar surface area (TPSA) is 32.3 Å². The first-order valence-corrected chi connectivity index (χ1v) is 5.95. The molecular weight excluding hydrogens is 188 g/mol. The molecule has 1 unspecified atom stereocenters. The van der Waals surface area contributed by atoms with Crippen molar-refractivity contribution in [1.82, 2.24) is 10.2 Å². The van der Waals surface area contributed by atoms with Gasteiger partial charge in [0.15, 0.2) is 0 Å². The van der Waals surface area contributed by atoms with Crippen molar-refractivity contribution >= 4 is 5.91 Å². The van der Waals surface area contributed by atoms with Gasteiger partial charge in [0.1, 0.15) is 0 Å². The van der Waals surface area contributed by atoms with Gasteiger partial charge in [-0.05, 0) is 32.7 Å². The largest absolute Gasteiger partial charge is 0.337 e. The molecule has 3 heteroatoms. The Morgan fingerprint density at radius 3 is 3.07 bits per heavy atom. The van der Waals surface area contributed by atoms with E-state index in [1.165, 1.54) is 18.4 Å². The van der Waals surface area contributed by atoms with Crippen LogP contribution in [0.4, 0.5) is 0 Å². The molecule has 0 aromatic carbocycles. The van der Waals surface area contributed by atoms with Gasteiger partial charge < -0.3 is 10.2 Å². The Hall–Kier alpha value is -0.830. The quantitative estimate of drug-likeness (QED) is 0.659. The molecule has 0 bridgehead atoms. The molecule has 0 saturated carbocycles. The number of nitrogens with one attached hydrogen (secondary N) is 1. The van der Waals surface area contributed by atoms with Crippen molar-refractivity contribution in [2.24, 2.45) is 0 Å². The molecule has 0 aromatic heterocycles. The molecular formula is C12H20N2O. The predicted octanol–water partition coefficient (Wildman–Crippen LogP) is 1.31. The van der Waals surface area contributed by atoms with E-state index in [1.807, 2.05) is 4.90 Å². The SMILES string of the molecule is CC1=CCCN(C(=O)C2CCCCN2)C1. The van der Waals surface area contributed by atoms with Crippen LogP contribution in [0.2, 0.25) is 0 Å². The summed E-state index contributed by atoms with van der Waals surface area (Å²) in [6.07, 6.45) is 6.66. The monoisotopic (exact) mass is 208 g/mol. The summed E-state index contributed by atoms with van der Waals surface area (Å²) in [5.74, 6) is 0.308. The minimum Gasteiger partial charge on any atom is -0.337 e. The van der Waals surface area contributed by atoms with Crippen molar-refractivity contribution < 1.29 is 4.79 Å². The summed E-state index contributed by atoms with van der Waals surface area (Å²) in [5.41, 5.74) is 1.32. The standard InChI is InChI=1S/C12H20N2O/c1-10-5-4-8-14(9-10)12(15)11-6-2-3-7-13-11/h5,11,13H,2-4,6-9H2,1H3. The first-order valence-electron chi connectivity index (χ1n) is 5.95. The van der Waals surface area contributed by atoms with Crippen LogP contribution < -0.4 is 5.32 Å². The second-order valence-electron chi connectivity index (χ2n) is 4.60. The third-order valence-electron chi connectivity index (χ3n) is 3.25. The highest BCUT2D eigenvalue weighted by atomic mass is 16.2. The van der Waals surface area contributed by atoms with Crippen LogP contribution in [0.5, 0.6) is 0 Å². The smallest absolute Gasteiger partial charge is 0.240 e. The molecule has 1 N–H and O–H groups in total. The number of hydrogen-bond acceptors (Lipinski definition) is 2. The van der Waals surface area contributed by atoms with Gasteiger partial charge in [-0.25, -0.2) is 0 Å². The highest BCUT2D eigenvalue weighted by molar-refractivity contribution is 5.82. The molecule has 1 fully saturated rings. The number of carbonyl (C=O) groups excluding carboxylic acids is 1.